The topological polar surface area (TPSA) is 109 Å². The fraction of sp³-hybridized carbons (Fsp3) is 0.240. The maximum absolute atomic E-state index is 13.9. The average Bonchev–Trinajstić information content (AvgIpc) is 3.33. The Morgan fingerprint density at radius 3 is 2.64 bits per heavy atom. The number of nitrogens with zero attached hydrogens (tertiary/aromatic N) is 5. The van der Waals surface area contributed by atoms with Crippen molar-refractivity contribution in [3.8, 4) is 11.1 Å². The number of primary amides is 1. The van der Waals surface area contributed by atoms with Gasteiger partial charge in [0.05, 0.1) is 17.8 Å². The number of nitrogens with two attached hydrogens (primary N) is 1. The number of amidine groups is 1. The summed E-state index contributed by atoms with van der Waals surface area (Å²) in [6.07, 6.45) is -1.85. The smallest absolute Gasteiger partial charge is 0.364 e. The summed E-state index contributed by atoms with van der Waals surface area (Å²) < 4.78 is 41.8. The van der Waals surface area contributed by atoms with Crippen molar-refractivity contribution in [1.82, 2.24) is 15.0 Å². The van der Waals surface area contributed by atoms with Crippen molar-refractivity contribution >= 4 is 35.2 Å². The number of rotatable bonds is 4. The molecule has 184 valence electrons. The number of pyridine rings is 1. The van der Waals surface area contributed by atoms with E-state index in [1.807, 2.05) is 24.8 Å². The first-order valence-electron chi connectivity index (χ1n) is 11.2. The molecule has 0 unspecified atom stereocenters. The lowest BCUT2D eigenvalue weighted by atomic mass is 9.89. The number of hydrogen-bond acceptors (Lipinski definition) is 7. The maximum Gasteiger partial charge on any atom is 0.417 e. The van der Waals surface area contributed by atoms with Gasteiger partial charge in [0, 0.05) is 36.5 Å². The molecule has 0 bridgehead atoms. The molecule has 2 aliphatic rings. The lowest BCUT2D eigenvalue weighted by molar-refractivity contribution is -0.137. The van der Waals surface area contributed by atoms with Gasteiger partial charge in [0.1, 0.15) is 17.3 Å². The Bertz CT molecular complexity index is 1480. The number of alkyl halides is 3. The van der Waals surface area contributed by atoms with Crippen LogP contribution in [0.15, 0.2) is 35.5 Å². The van der Waals surface area contributed by atoms with Gasteiger partial charge in [-0.3, -0.25) is 14.8 Å². The van der Waals surface area contributed by atoms with Crippen LogP contribution in [-0.2, 0) is 6.18 Å². The summed E-state index contributed by atoms with van der Waals surface area (Å²) in [7, 11) is 1.74. The summed E-state index contributed by atoms with van der Waals surface area (Å²) in [6.45, 7) is 4.91. The fourth-order valence-electron chi connectivity index (χ4n) is 4.59. The van der Waals surface area contributed by atoms with Crippen LogP contribution in [0.4, 0.5) is 24.9 Å². The van der Waals surface area contributed by atoms with Crippen LogP contribution in [0.2, 0.25) is 0 Å². The van der Waals surface area contributed by atoms with Gasteiger partial charge >= 0.3 is 6.18 Å². The highest BCUT2D eigenvalue weighted by Gasteiger charge is 2.37. The lowest BCUT2D eigenvalue weighted by Gasteiger charge is -2.29. The number of amides is 1. The van der Waals surface area contributed by atoms with Gasteiger partial charge in [0.2, 0.25) is 5.95 Å². The molecule has 36 heavy (non-hydrogen) atoms. The standard InChI is InChI=1S/C25H22F3N7O/c1-12-4-5-14(19-18(25(26,27)28)6-7-31-20(19)21(29)36)10-15(12)17-11-16-13(2)33-24(30-3)34-23(16)35-9-8-32-22(17)35/h4-7,10-11H,8-9H2,1-3H3,(H2,29,36)(H,30,33,34). The highest BCUT2D eigenvalue weighted by molar-refractivity contribution is 6.36. The Morgan fingerprint density at radius 2 is 1.94 bits per heavy atom. The quantitative estimate of drug-likeness (QED) is 0.567. The third-order valence-corrected chi connectivity index (χ3v) is 6.27. The normalized spacial score (nSPS) is 14.7. The number of carbonyl (C=O) groups excluding carboxylic acids is 1. The van der Waals surface area contributed by atoms with Crippen LogP contribution in [0.25, 0.3) is 22.8 Å². The van der Waals surface area contributed by atoms with E-state index in [9.17, 15) is 18.0 Å². The van der Waals surface area contributed by atoms with Crippen molar-refractivity contribution in [2.24, 2.45) is 10.7 Å². The molecule has 1 aromatic carbocycles. The van der Waals surface area contributed by atoms with Gasteiger partial charge in [-0.1, -0.05) is 12.1 Å². The van der Waals surface area contributed by atoms with Crippen LogP contribution in [-0.4, -0.2) is 46.8 Å². The molecular formula is C25H22F3N7O. The Kier molecular flexibility index (Phi) is 5.50. The summed E-state index contributed by atoms with van der Waals surface area (Å²) in [5.74, 6) is 0.856. The Hall–Kier alpha value is -4.28. The summed E-state index contributed by atoms with van der Waals surface area (Å²) >= 11 is 0. The molecule has 0 radical (unpaired) electrons. The van der Waals surface area contributed by atoms with Gasteiger partial charge in [-0.25, -0.2) is 4.98 Å². The van der Waals surface area contributed by atoms with Crippen LogP contribution in [0.1, 0.15) is 38.4 Å². The second kappa shape index (κ2) is 8.43. The SMILES string of the molecule is CNc1nc(C)c2c(n1)N1CCN=C1C(c1cc(-c3c(C(F)(F)F)ccnc3C(N)=O)ccc1C)=C2. The Labute approximate surface area is 204 Å². The number of benzene rings is 1. The monoisotopic (exact) mass is 493 g/mol. The van der Waals surface area contributed by atoms with E-state index in [1.165, 1.54) is 6.07 Å². The molecule has 0 saturated heterocycles. The summed E-state index contributed by atoms with van der Waals surface area (Å²) in [5.41, 5.74) is 7.63. The van der Waals surface area contributed by atoms with Crippen LogP contribution >= 0.6 is 0 Å². The second-order valence-electron chi connectivity index (χ2n) is 8.51. The van der Waals surface area contributed by atoms with Crippen LogP contribution in [0, 0.1) is 13.8 Å². The third-order valence-electron chi connectivity index (χ3n) is 6.27. The number of carbonyl (C=O) groups is 1. The molecule has 8 nitrogen and oxygen atoms in total. The summed E-state index contributed by atoms with van der Waals surface area (Å²) in [6, 6.07) is 5.73. The van der Waals surface area contributed by atoms with E-state index in [2.05, 4.69) is 25.3 Å². The van der Waals surface area contributed by atoms with E-state index in [-0.39, 0.29) is 11.1 Å². The van der Waals surface area contributed by atoms with Crippen molar-refractivity contribution in [3.05, 3.63) is 64.1 Å². The number of nitrogens with one attached hydrogen (secondary N) is 1. The largest absolute Gasteiger partial charge is 0.417 e. The molecule has 0 spiro atoms. The molecule has 3 N–H and O–H groups in total. The second-order valence-corrected chi connectivity index (χ2v) is 8.51. The van der Waals surface area contributed by atoms with Gasteiger partial charge in [-0.2, -0.15) is 18.2 Å². The lowest BCUT2D eigenvalue weighted by Crippen LogP contribution is -2.33. The number of aromatic nitrogens is 3. The van der Waals surface area contributed by atoms with Crippen molar-refractivity contribution in [3.63, 3.8) is 0 Å². The van der Waals surface area contributed by atoms with E-state index in [1.54, 1.807) is 19.2 Å². The number of hydrogen-bond donors (Lipinski definition) is 2. The molecular weight excluding hydrogens is 471 g/mol. The maximum atomic E-state index is 13.9. The number of halogens is 3. The molecule has 0 saturated carbocycles. The predicted octanol–water partition coefficient (Wildman–Crippen LogP) is 4.09. The number of aliphatic imine (C=N–C) groups is 1. The first kappa shape index (κ1) is 23.5. The molecule has 0 atom stereocenters. The molecule has 1 amide bonds. The zero-order valence-electron chi connectivity index (χ0n) is 19.7. The van der Waals surface area contributed by atoms with Gasteiger partial charge < -0.3 is 16.0 Å². The molecule has 3 aromatic rings. The van der Waals surface area contributed by atoms with E-state index in [0.29, 0.717) is 30.4 Å². The van der Waals surface area contributed by atoms with E-state index < -0.39 is 23.3 Å². The minimum Gasteiger partial charge on any atom is -0.364 e. The molecule has 0 aliphatic carbocycles. The highest BCUT2D eigenvalue weighted by Crippen LogP contribution is 2.42. The van der Waals surface area contributed by atoms with E-state index in [4.69, 9.17) is 5.73 Å². The zero-order valence-corrected chi connectivity index (χ0v) is 19.7. The molecule has 2 aliphatic heterocycles. The third kappa shape index (κ3) is 3.76. The number of anilines is 2. The van der Waals surface area contributed by atoms with Gasteiger partial charge in [-0.05, 0) is 48.7 Å². The average molecular weight is 493 g/mol. The molecule has 5 rings (SSSR count). The van der Waals surface area contributed by atoms with E-state index in [0.717, 1.165) is 40.5 Å². The zero-order chi connectivity index (χ0) is 25.8. The van der Waals surface area contributed by atoms with Crippen molar-refractivity contribution in [2.75, 3.05) is 30.4 Å². The molecule has 2 aromatic heterocycles. The highest BCUT2D eigenvalue weighted by atomic mass is 19.4. The van der Waals surface area contributed by atoms with Gasteiger partial charge in [0.15, 0.2) is 0 Å². The molecule has 11 heteroatoms. The predicted molar refractivity (Wildman–Crippen MR) is 132 cm³/mol. The first-order chi connectivity index (χ1) is 17.1. The van der Waals surface area contributed by atoms with Crippen molar-refractivity contribution in [2.45, 2.75) is 20.0 Å². The number of fused-ring (bicyclic) bond motifs is 3. The number of aryl methyl sites for hydroxylation is 2. The van der Waals surface area contributed by atoms with Crippen LogP contribution in [0.3, 0.4) is 0 Å². The van der Waals surface area contributed by atoms with E-state index >= 15 is 0 Å². The first-order valence-corrected chi connectivity index (χ1v) is 11.2. The van der Waals surface area contributed by atoms with Gasteiger partial charge in [-0.15, -0.1) is 0 Å². The minimum atomic E-state index is -4.71. The van der Waals surface area contributed by atoms with Crippen molar-refractivity contribution in [1.29, 1.82) is 0 Å². The molecule has 4 heterocycles. The molecule has 0 fully saturated rings. The Balaban J connectivity index is 1.75. The summed E-state index contributed by atoms with van der Waals surface area (Å²) in [4.78, 5) is 31.7. The van der Waals surface area contributed by atoms with Gasteiger partial charge in [0.25, 0.3) is 5.91 Å². The van der Waals surface area contributed by atoms with Crippen LogP contribution < -0.4 is 16.0 Å². The van der Waals surface area contributed by atoms with Crippen molar-refractivity contribution < 1.29 is 18.0 Å². The minimum absolute atomic E-state index is 0.181. The summed E-state index contributed by atoms with van der Waals surface area (Å²) in [5, 5.41) is 2.96. The fourth-order valence-corrected chi connectivity index (χ4v) is 4.59. The van der Waals surface area contributed by atoms with Crippen LogP contribution in [0.5, 0.6) is 0 Å². The Morgan fingerprint density at radius 1 is 1.17 bits per heavy atom.